The third kappa shape index (κ3) is 2.55. The Morgan fingerprint density at radius 2 is 2.06 bits per heavy atom. The first-order chi connectivity index (χ1) is 7.58. The van der Waals surface area contributed by atoms with E-state index in [1.165, 1.54) is 6.07 Å². The van der Waals surface area contributed by atoms with Gasteiger partial charge in [0.2, 0.25) is 0 Å². The number of nitrogens with one attached hydrogen (secondary N) is 1. The van der Waals surface area contributed by atoms with Crippen molar-refractivity contribution in [2.45, 2.75) is 4.21 Å². The van der Waals surface area contributed by atoms with Crippen molar-refractivity contribution in [3.05, 3.63) is 46.8 Å². The van der Waals surface area contributed by atoms with Crippen molar-refractivity contribution < 1.29 is 8.42 Å². The molecule has 2 aromatic rings. The monoisotopic (exact) mass is 272 g/mol. The number of benzene rings is 1. The van der Waals surface area contributed by atoms with Crippen LogP contribution in [0.15, 0.2) is 40.6 Å². The van der Waals surface area contributed by atoms with Gasteiger partial charge in [0.1, 0.15) is 4.21 Å². The number of sulfonamides is 1. The molecule has 0 unspecified atom stereocenters. The van der Waals surface area contributed by atoms with E-state index in [9.17, 15) is 8.42 Å². The molecule has 0 spiro atoms. The van der Waals surface area contributed by atoms with E-state index in [-0.39, 0.29) is 4.21 Å². The highest BCUT2D eigenvalue weighted by Gasteiger charge is 2.16. The number of rotatable bonds is 3. The van der Waals surface area contributed by atoms with Crippen LogP contribution in [0.1, 0.15) is 0 Å². The van der Waals surface area contributed by atoms with Gasteiger partial charge in [-0.25, -0.2) is 8.42 Å². The summed E-state index contributed by atoms with van der Waals surface area (Å²) in [6, 6.07) is 12.6. The molecule has 1 radical (unpaired) electrons. The Morgan fingerprint density at radius 3 is 2.62 bits per heavy atom. The number of para-hydroxylation sites is 1. The van der Waals surface area contributed by atoms with Crippen molar-refractivity contribution in [1.29, 1.82) is 0 Å². The van der Waals surface area contributed by atoms with Crippen LogP contribution in [0.25, 0.3) is 0 Å². The van der Waals surface area contributed by atoms with Gasteiger partial charge < -0.3 is 0 Å². The molecule has 16 heavy (non-hydrogen) atoms. The summed E-state index contributed by atoms with van der Waals surface area (Å²) in [6.45, 7) is 0. The summed E-state index contributed by atoms with van der Waals surface area (Å²) >= 11 is 6.70. The van der Waals surface area contributed by atoms with Crippen LogP contribution in [-0.2, 0) is 10.0 Å². The van der Waals surface area contributed by atoms with Gasteiger partial charge in [0.25, 0.3) is 10.0 Å². The maximum Gasteiger partial charge on any atom is 0.271 e. The summed E-state index contributed by atoms with van der Waals surface area (Å²) in [5.74, 6) is 0. The minimum atomic E-state index is -3.54. The van der Waals surface area contributed by atoms with Crippen LogP contribution in [0.3, 0.4) is 0 Å². The Balaban J connectivity index is 2.28. The maximum absolute atomic E-state index is 11.8. The SMILES string of the molecule is O=S(=O)(Nc1[c]cccc1)c1ccc(Cl)s1. The van der Waals surface area contributed by atoms with Crippen LogP contribution >= 0.6 is 22.9 Å². The normalized spacial score (nSPS) is 11.3. The largest absolute Gasteiger partial charge is 0.278 e. The van der Waals surface area contributed by atoms with E-state index in [0.29, 0.717) is 10.0 Å². The second kappa shape index (κ2) is 4.45. The quantitative estimate of drug-likeness (QED) is 0.934. The summed E-state index contributed by atoms with van der Waals surface area (Å²) in [5.41, 5.74) is 0.409. The first-order valence-electron chi connectivity index (χ1n) is 4.33. The van der Waals surface area contributed by atoms with Crippen LogP contribution in [0, 0.1) is 6.07 Å². The van der Waals surface area contributed by atoms with Gasteiger partial charge in [-0.15, -0.1) is 11.3 Å². The van der Waals surface area contributed by atoms with Gasteiger partial charge in [0.05, 0.1) is 10.0 Å². The lowest BCUT2D eigenvalue weighted by atomic mass is 10.3. The maximum atomic E-state index is 11.8. The summed E-state index contributed by atoms with van der Waals surface area (Å²) in [5, 5.41) is 0. The highest BCUT2D eigenvalue weighted by Crippen LogP contribution is 2.26. The predicted molar refractivity (Wildman–Crippen MR) is 65.4 cm³/mol. The Morgan fingerprint density at radius 1 is 1.25 bits per heavy atom. The Kier molecular flexibility index (Phi) is 3.18. The fourth-order valence-electron chi connectivity index (χ4n) is 1.09. The summed E-state index contributed by atoms with van der Waals surface area (Å²) in [4.78, 5) is 0. The minimum absolute atomic E-state index is 0.190. The minimum Gasteiger partial charge on any atom is -0.278 e. The summed E-state index contributed by atoms with van der Waals surface area (Å²) in [6.07, 6.45) is 0. The lowest BCUT2D eigenvalue weighted by Crippen LogP contribution is -2.11. The molecule has 83 valence electrons. The molecule has 0 aliphatic heterocycles. The molecule has 1 heterocycles. The lowest BCUT2D eigenvalue weighted by Gasteiger charge is -2.04. The van der Waals surface area contributed by atoms with Crippen molar-refractivity contribution in [3.8, 4) is 0 Å². The number of hydrogen-bond donors (Lipinski definition) is 1. The molecule has 1 aromatic carbocycles. The van der Waals surface area contributed by atoms with E-state index in [4.69, 9.17) is 11.6 Å². The average molecular weight is 273 g/mol. The van der Waals surface area contributed by atoms with Gasteiger partial charge in [0, 0.05) is 6.07 Å². The van der Waals surface area contributed by atoms with Gasteiger partial charge in [-0.05, 0) is 18.2 Å². The second-order valence-electron chi connectivity index (χ2n) is 2.94. The zero-order valence-corrected chi connectivity index (χ0v) is 10.4. The third-order valence-electron chi connectivity index (χ3n) is 1.77. The van der Waals surface area contributed by atoms with Crippen LogP contribution in [-0.4, -0.2) is 8.42 Å². The van der Waals surface area contributed by atoms with E-state index in [2.05, 4.69) is 10.8 Å². The van der Waals surface area contributed by atoms with Crippen LogP contribution < -0.4 is 4.72 Å². The Labute approximate surface area is 103 Å². The van der Waals surface area contributed by atoms with Crippen molar-refractivity contribution in [3.63, 3.8) is 0 Å². The number of hydrogen-bond acceptors (Lipinski definition) is 3. The molecule has 3 nitrogen and oxygen atoms in total. The number of halogens is 1. The number of anilines is 1. The van der Waals surface area contributed by atoms with Gasteiger partial charge in [0.15, 0.2) is 0 Å². The zero-order chi connectivity index (χ0) is 11.6. The van der Waals surface area contributed by atoms with Gasteiger partial charge in [-0.3, -0.25) is 4.72 Å². The van der Waals surface area contributed by atoms with Crippen LogP contribution in [0.4, 0.5) is 5.69 Å². The average Bonchev–Trinajstić information content (AvgIpc) is 2.66. The second-order valence-corrected chi connectivity index (χ2v) is 6.56. The van der Waals surface area contributed by atoms with Crippen molar-refractivity contribution in [2.24, 2.45) is 0 Å². The van der Waals surface area contributed by atoms with E-state index in [1.807, 2.05) is 0 Å². The molecule has 1 N–H and O–H groups in total. The molecule has 0 aliphatic carbocycles. The molecule has 0 aliphatic rings. The molecule has 2 rings (SSSR count). The fourth-order valence-corrected chi connectivity index (χ4v) is 3.61. The molecule has 1 aromatic heterocycles. The molecular formula is C10H7ClNO2S2. The highest BCUT2D eigenvalue weighted by molar-refractivity contribution is 7.94. The third-order valence-corrected chi connectivity index (χ3v) is 4.86. The number of thiophene rings is 1. The van der Waals surface area contributed by atoms with Gasteiger partial charge in [-0.1, -0.05) is 29.8 Å². The van der Waals surface area contributed by atoms with Gasteiger partial charge >= 0.3 is 0 Å². The molecule has 0 saturated heterocycles. The molecule has 0 saturated carbocycles. The molecule has 6 heteroatoms. The summed E-state index contributed by atoms with van der Waals surface area (Å²) < 4.78 is 26.7. The van der Waals surface area contributed by atoms with E-state index >= 15 is 0 Å². The molecule has 0 fully saturated rings. The Bertz CT molecular complexity index is 578. The predicted octanol–water partition coefficient (Wildman–Crippen LogP) is 3.00. The van der Waals surface area contributed by atoms with Crippen molar-refractivity contribution >= 4 is 38.6 Å². The van der Waals surface area contributed by atoms with E-state index < -0.39 is 10.0 Å². The zero-order valence-electron chi connectivity index (χ0n) is 7.98. The Hall–Kier alpha value is -1.04. The smallest absolute Gasteiger partial charge is 0.271 e. The molecule has 0 amide bonds. The molecule has 0 atom stereocenters. The highest BCUT2D eigenvalue weighted by atomic mass is 35.5. The van der Waals surface area contributed by atoms with Crippen LogP contribution in [0.5, 0.6) is 0 Å². The fraction of sp³-hybridized carbons (Fsp3) is 0. The first-order valence-corrected chi connectivity index (χ1v) is 7.00. The van der Waals surface area contributed by atoms with E-state index in [1.54, 1.807) is 30.3 Å². The lowest BCUT2D eigenvalue weighted by molar-refractivity contribution is 0.603. The topological polar surface area (TPSA) is 46.2 Å². The summed E-state index contributed by atoms with van der Waals surface area (Å²) in [7, 11) is -3.54. The van der Waals surface area contributed by atoms with E-state index in [0.717, 1.165) is 11.3 Å². The first kappa shape index (κ1) is 11.4. The molecule has 0 bridgehead atoms. The van der Waals surface area contributed by atoms with Crippen molar-refractivity contribution in [1.82, 2.24) is 0 Å². The standard InChI is InChI=1S/C10H7ClNO2S2/c11-9-6-7-10(15-9)16(13,14)12-8-4-2-1-3-5-8/h1-4,6-7,12H. The van der Waals surface area contributed by atoms with Crippen LogP contribution in [0.2, 0.25) is 4.34 Å². The van der Waals surface area contributed by atoms with Gasteiger partial charge in [-0.2, -0.15) is 0 Å². The van der Waals surface area contributed by atoms with Crippen molar-refractivity contribution in [2.75, 3.05) is 4.72 Å². The molecular weight excluding hydrogens is 266 g/mol.